The molecule has 5 rings (SSSR count). The minimum absolute atomic E-state index is 0.276. The molecule has 2 aromatic rings. The van der Waals surface area contributed by atoms with Gasteiger partial charge in [0.1, 0.15) is 5.15 Å². The summed E-state index contributed by atoms with van der Waals surface area (Å²) in [6.07, 6.45) is 21.4. The molecule has 1 aliphatic heterocycles. The van der Waals surface area contributed by atoms with Crippen LogP contribution in [0.1, 0.15) is 76.7 Å². The molecule has 3 nitrogen and oxygen atoms in total. The van der Waals surface area contributed by atoms with Crippen molar-refractivity contribution in [1.82, 2.24) is 9.88 Å². The smallest absolute Gasteiger partial charge is 0.254 e. The van der Waals surface area contributed by atoms with Crippen LogP contribution < -0.4 is 0 Å². The number of rotatable bonds is 3. The Bertz CT molecular complexity index is 942. The Morgan fingerprint density at radius 2 is 1.77 bits per heavy atom. The van der Waals surface area contributed by atoms with Crippen molar-refractivity contribution in [3.8, 4) is 12.8 Å². The van der Waals surface area contributed by atoms with Crippen LogP contribution in [0.4, 0.5) is 0 Å². The van der Waals surface area contributed by atoms with Gasteiger partial charge in [0.2, 0.25) is 0 Å². The topological polar surface area (TPSA) is 33.2 Å². The number of fused-ring (bicyclic) bond motifs is 3. The second kappa shape index (κ2) is 9.23. The lowest BCUT2D eigenvalue weighted by atomic mass is 9.85. The number of terminal acetylenes is 1. The minimum Gasteiger partial charge on any atom is -0.335 e. The summed E-state index contributed by atoms with van der Waals surface area (Å²) in [5, 5.41) is 0.526. The van der Waals surface area contributed by atoms with Crippen molar-refractivity contribution in [2.75, 3.05) is 6.54 Å². The molecule has 0 bridgehead atoms. The Kier molecular flexibility index (Phi) is 6.44. The molecular weight excluding hydrogens is 392 g/mol. The van der Waals surface area contributed by atoms with Crippen LogP contribution in [0.15, 0.2) is 24.4 Å². The third kappa shape index (κ3) is 3.98. The summed E-state index contributed by atoms with van der Waals surface area (Å²) in [5.74, 6) is 0.276. The summed E-state index contributed by atoms with van der Waals surface area (Å²) < 4.78 is 0. The number of aromatic nitrogens is 1. The van der Waals surface area contributed by atoms with Gasteiger partial charge in [0, 0.05) is 24.3 Å². The van der Waals surface area contributed by atoms with Crippen LogP contribution in [0, 0.1) is 12.8 Å². The molecule has 1 aromatic carbocycles. The molecule has 3 aliphatic rings. The van der Waals surface area contributed by atoms with Crippen LogP contribution >= 0.6 is 11.6 Å². The standard InChI is InChI=1S/C24H27ClN2O.C2H2/c25-23-10-9-16(15-26-23)13-17-14-22-21(20-8-4-7-19(17)20)11-12-27(24(22)28)18-5-2-1-3-6-18;1-2/h9-10,14-15,18H,1-8,11-13H2;1-2H. The van der Waals surface area contributed by atoms with E-state index >= 15 is 0 Å². The number of carbonyl (C=O) groups excluding carboxylic acids is 1. The van der Waals surface area contributed by atoms with Crippen molar-refractivity contribution in [1.29, 1.82) is 0 Å². The number of hydrogen-bond acceptors (Lipinski definition) is 2. The van der Waals surface area contributed by atoms with Gasteiger partial charge in [-0.25, -0.2) is 4.98 Å². The number of carbonyl (C=O) groups is 1. The van der Waals surface area contributed by atoms with Gasteiger partial charge < -0.3 is 4.90 Å². The van der Waals surface area contributed by atoms with E-state index in [1.807, 2.05) is 18.3 Å². The average molecular weight is 421 g/mol. The molecule has 30 heavy (non-hydrogen) atoms. The van der Waals surface area contributed by atoms with Gasteiger partial charge in [-0.05, 0) is 84.9 Å². The van der Waals surface area contributed by atoms with Crippen LogP contribution in [0.2, 0.25) is 5.15 Å². The highest BCUT2D eigenvalue weighted by atomic mass is 35.5. The lowest BCUT2D eigenvalue weighted by molar-refractivity contribution is 0.0614. The fourth-order valence-electron chi connectivity index (χ4n) is 5.54. The van der Waals surface area contributed by atoms with Crippen LogP contribution in [0.5, 0.6) is 0 Å². The number of pyridine rings is 1. The molecule has 2 aliphatic carbocycles. The van der Waals surface area contributed by atoms with Gasteiger partial charge in [-0.3, -0.25) is 4.79 Å². The summed E-state index contributed by atoms with van der Waals surface area (Å²) in [4.78, 5) is 19.9. The fraction of sp³-hybridized carbons (Fsp3) is 0.462. The van der Waals surface area contributed by atoms with Crippen molar-refractivity contribution in [3.63, 3.8) is 0 Å². The third-order valence-corrected chi connectivity index (χ3v) is 7.13. The van der Waals surface area contributed by atoms with Gasteiger partial charge in [-0.15, -0.1) is 12.8 Å². The molecule has 1 saturated carbocycles. The maximum Gasteiger partial charge on any atom is 0.254 e. The Labute approximate surface area is 184 Å². The fourth-order valence-corrected chi connectivity index (χ4v) is 5.65. The van der Waals surface area contributed by atoms with Crippen molar-refractivity contribution < 1.29 is 4.79 Å². The van der Waals surface area contributed by atoms with E-state index in [0.29, 0.717) is 11.2 Å². The van der Waals surface area contributed by atoms with Gasteiger partial charge >= 0.3 is 0 Å². The minimum atomic E-state index is 0.276. The molecule has 1 amide bonds. The van der Waals surface area contributed by atoms with E-state index < -0.39 is 0 Å². The molecule has 0 atom stereocenters. The van der Waals surface area contributed by atoms with Crippen molar-refractivity contribution in [2.45, 2.75) is 70.3 Å². The molecule has 0 radical (unpaired) electrons. The molecule has 2 heterocycles. The predicted octanol–water partition coefficient (Wildman–Crippen LogP) is 5.39. The Balaban J connectivity index is 0.00000106. The van der Waals surface area contributed by atoms with Crippen LogP contribution in [0.25, 0.3) is 0 Å². The summed E-state index contributed by atoms with van der Waals surface area (Å²) in [5.41, 5.74) is 7.77. The zero-order chi connectivity index (χ0) is 21.1. The predicted molar refractivity (Wildman–Crippen MR) is 122 cm³/mol. The molecule has 1 fully saturated rings. The summed E-state index contributed by atoms with van der Waals surface area (Å²) in [6, 6.07) is 6.56. The molecule has 0 spiro atoms. The molecule has 0 N–H and O–H groups in total. The van der Waals surface area contributed by atoms with E-state index in [9.17, 15) is 4.79 Å². The molecule has 4 heteroatoms. The van der Waals surface area contributed by atoms with Gasteiger partial charge in [0.05, 0.1) is 0 Å². The summed E-state index contributed by atoms with van der Waals surface area (Å²) >= 11 is 5.95. The van der Waals surface area contributed by atoms with Gasteiger partial charge in [0.25, 0.3) is 5.91 Å². The highest BCUT2D eigenvalue weighted by Gasteiger charge is 2.34. The quantitative estimate of drug-likeness (QED) is 0.492. The average Bonchev–Trinajstić information content (AvgIpc) is 3.29. The lowest BCUT2D eigenvalue weighted by Crippen LogP contribution is -2.45. The SMILES string of the molecule is C#C.O=C1c2cc(Cc3ccc(Cl)nc3)c3c(c2CCN1C1CCCCC1)CCC3. The number of benzene rings is 1. The van der Waals surface area contributed by atoms with E-state index in [1.54, 1.807) is 0 Å². The monoisotopic (exact) mass is 420 g/mol. The van der Waals surface area contributed by atoms with Crippen LogP contribution in [0.3, 0.4) is 0 Å². The van der Waals surface area contributed by atoms with Crippen molar-refractivity contribution in [2.24, 2.45) is 0 Å². The van der Waals surface area contributed by atoms with E-state index in [1.165, 1.54) is 60.8 Å². The van der Waals surface area contributed by atoms with Crippen molar-refractivity contribution >= 4 is 17.5 Å². The molecule has 1 aromatic heterocycles. The molecule has 0 saturated heterocycles. The second-order valence-corrected chi connectivity index (χ2v) is 8.97. The number of hydrogen-bond donors (Lipinski definition) is 0. The molecule has 156 valence electrons. The van der Waals surface area contributed by atoms with E-state index in [0.717, 1.165) is 43.4 Å². The van der Waals surface area contributed by atoms with Gasteiger partial charge in [-0.1, -0.05) is 36.9 Å². The third-order valence-electron chi connectivity index (χ3n) is 6.91. The highest BCUT2D eigenvalue weighted by molar-refractivity contribution is 6.29. The molecule has 0 unspecified atom stereocenters. The van der Waals surface area contributed by atoms with Gasteiger partial charge in [-0.2, -0.15) is 0 Å². The normalized spacial score (nSPS) is 18.4. The van der Waals surface area contributed by atoms with Crippen LogP contribution in [-0.2, 0) is 25.7 Å². The maximum atomic E-state index is 13.5. The maximum absolute atomic E-state index is 13.5. The van der Waals surface area contributed by atoms with E-state index in [-0.39, 0.29) is 5.91 Å². The van der Waals surface area contributed by atoms with Crippen LogP contribution in [-0.4, -0.2) is 28.4 Å². The first-order chi connectivity index (χ1) is 14.7. The second-order valence-electron chi connectivity index (χ2n) is 8.58. The zero-order valence-electron chi connectivity index (χ0n) is 17.5. The first kappa shape index (κ1) is 20.9. The Morgan fingerprint density at radius 3 is 2.50 bits per heavy atom. The number of nitrogens with zero attached hydrogens (tertiary/aromatic N) is 2. The Morgan fingerprint density at radius 1 is 1.00 bits per heavy atom. The zero-order valence-corrected chi connectivity index (χ0v) is 18.3. The Hall–Kier alpha value is -2.31. The highest BCUT2D eigenvalue weighted by Crippen LogP contribution is 2.36. The summed E-state index contributed by atoms with van der Waals surface area (Å²) in [7, 11) is 0. The largest absolute Gasteiger partial charge is 0.335 e. The first-order valence-corrected chi connectivity index (χ1v) is 11.5. The van der Waals surface area contributed by atoms with Gasteiger partial charge in [0.15, 0.2) is 0 Å². The molecular formula is C26H29ClN2O. The lowest BCUT2D eigenvalue weighted by Gasteiger charge is -2.38. The van der Waals surface area contributed by atoms with E-state index in [2.05, 4.69) is 28.8 Å². The van der Waals surface area contributed by atoms with E-state index in [4.69, 9.17) is 11.6 Å². The number of halogens is 1. The van der Waals surface area contributed by atoms with Crippen molar-refractivity contribution in [3.05, 3.63) is 62.9 Å². The summed E-state index contributed by atoms with van der Waals surface area (Å²) in [6.45, 7) is 0.906. The number of amides is 1. The first-order valence-electron chi connectivity index (χ1n) is 11.1.